The van der Waals surface area contributed by atoms with E-state index in [4.69, 9.17) is 6.57 Å². The molecule has 0 saturated heterocycles. The van der Waals surface area contributed by atoms with Gasteiger partial charge in [0.2, 0.25) is 0 Å². The molecule has 0 unspecified atom stereocenters. The molecule has 0 amide bonds. The highest BCUT2D eigenvalue weighted by molar-refractivity contribution is 5.67. The first kappa shape index (κ1) is 11.2. The lowest BCUT2D eigenvalue weighted by atomic mass is 9.99. The second-order valence-corrected chi connectivity index (χ2v) is 4.34. The summed E-state index contributed by atoms with van der Waals surface area (Å²) in [4.78, 5) is 4.01. The van der Waals surface area contributed by atoms with Crippen LogP contribution in [0.25, 0.3) is 4.85 Å². The normalized spacial score (nSPS) is 15.8. The SMILES string of the molecule is C#[N+]c1c2c(cc3c1CCC3)CCC2.CC. The largest absolute Gasteiger partial charge is 0.346 e. The average molecular weight is 214 g/mol. The fraction of sp³-hybridized carbons (Fsp3) is 0.533. The third-order valence-electron chi connectivity index (χ3n) is 3.57. The van der Waals surface area contributed by atoms with Gasteiger partial charge in [0.15, 0.2) is 0 Å². The van der Waals surface area contributed by atoms with E-state index >= 15 is 0 Å². The molecule has 16 heavy (non-hydrogen) atoms. The van der Waals surface area contributed by atoms with Crippen molar-refractivity contribution in [3.05, 3.63) is 33.2 Å². The van der Waals surface area contributed by atoms with Crippen LogP contribution >= 0.6 is 0 Å². The van der Waals surface area contributed by atoms with Crippen LogP contribution in [-0.4, -0.2) is 0 Å². The van der Waals surface area contributed by atoms with Gasteiger partial charge in [-0.15, -0.1) is 0 Å². The van der Waals surface area contributed by atoms with Gasteiger partial charge in [0, 0.05) is 11.1 Å². The lowest BCUT2D eigenvalue weighted by molar-refractivity contribution is 0.899. The van der Waals surface area contributed by atoms with E-state index in [0.717, 1.165) is 5.69 Å². The molecule has 1 aromatic rings. The molecule has 84 valence electrons. The van der Waals surface area contributed by atoms with Gasteiger partial charge in [-0.1, -0.05) is 19.9 Å². The maximum Gasteiger partial charge on any atom is 0.346 e. The van der Waals surface area contributed by atoms with Gasteiger partial charge in [-0.3, -0.25) is 0 Å². The predicted molar refractivity (Wildman–Crippen MR) is 69.8 cm³/mol. The van der Waals surface area contributed by atoms with Crippen molar-refractivity contribution in [3.63, 3.8) is 0 Å². The van der Waals surface area contributed by atoms with Crippen molar-refractivity contribution >= 4 is 5.69 Å². The van der Waals surface area contributed by atoms with Crippen LogP contribution < -0.4 is 0 Å². The third kappa shape index (κ3) is 1.63. The van der Waals surface area contributed by atoms with Gasteiger partial charge in [-0.25, -0.2) is 0 Å². The molecule has 2 aliphatic carbocycles. The van der Waals surface area contributed by atoms with Crippen molar-refractivity contribution in [1.29, 1.82) is 0 Å². The molecular weight excluding hydrogens is 194 g/mol. The molecule has 0 heterocycles. The topological polar surface area (TPSA) is 4.36 Å². The van der Waals surface area contributed by atoms with Gasteiger partial charge in [0.1, 0.15) is 0 Å². The number of benzene rings is 1. The predicted octanol–water partition coefficient (Wildman–Crippen LogP) is 4.28. The van der Waals surface area contributed by atoms with Crippen LogP contribution in [0, 0.1) is 6.57 Å². The first-order chi connectivity index (χ1) is 7.90. The Balaban J connectivity index is 0.000000457. The zero-order valence-electron chi connectivity index (χ0n) is 10.3. The maximum absolute atomic E-state index is 5.52. The van der Waals surface area contributed by atoms with E-state index in [1.165, 1.54) is 60.8 Å². The zero-order chi connectivity index (χ0) is 11.5. The van der Waals surface area contributed by atoms with Crippen molar-refractivity contribution in [2.45, 2.75) is 52.4 Å². The minimum Gasteiger partial charge on any atom is -0.0683 e. The molecule has 0 N–H and O–H groups in total. The number of aryl methyl sites for hydroxylation is 2. The summed E-state index contributed by atoms with van der Waals surface area (Å²) < 4.78 is 0. The fourth-order valence-electron chi connectivity index (χ4n) is 2.94. The van der Waals surface area contributed by atoms with Crippen molar-refractivity contribution < 1.29 is 0 Å². The van der Waals surface area contributed by atoms with Crippen LogP contribution in [0.2, 0.25) is 0 Å². The molecule has 1 heteroatoms. The van der Waals surface area contributed by atoms with Crippen LogP contribution in [0.15, 0.2) is 6.07 Å². The molecule has 0 radical (unpaired) electrons. The standard InChI is InChI=1S/C13H14N.C2H6/c1-14-13-11-6-2-4-9(11)8-10-5-3-7-12(10)13;1-2/h1,8H,2-7H2;1-2H3/q+1;. The highest BCUT2D eigenvalue weighted by Gasteiger charge is 2.29. The smallest absolute Gasteiger partial charge is 0.0683 e. The first-order valence-corrected chi connectivity index (χ1v) is 6.47. The number of rotatable bonds is 0. The van der Waals surface area contributed by atoms with Gasteiger partial charge in [0.25, 0.3) is 6.57 Å². The molecule has 1 nitrogen and oxygen atoms in total. The van der Waals surface area contributed by atoms with Crippen molar-refractivity contribution in [3.8, 4) is 6.57 Å². The number of fused-ring (bicyclic) bond motifs is 2. The maximum atomic E-state index is 5.52. The van der Waals surface area contributed by atoms with Crippen LogP contribution in [0.4, 0.5) is 5.69 Å². The van der Waals surface area contributed by atoms with E-state index in [-0.39, 0.29) is 0 Å². The van der Waals surface area contributed by atoms with Gasteiger partial charge >= 0.3 is 5.69 Å². The van der Waals surface area contributed by atoms with Crippen LogP contribution in [0.3, 0.4) is 0 Å². The number of hydrogen-bond acceptors (Lipinski definition) is 0. The second kappa shape index (κ2) is 4.70. The Bertz CT molecular complexity index is 405. The lowest BCUT2D eigenvalue weighted by Crippen LogP contribution is -1.90. The summed E-state index contributed by atoms with van der Waals surface area (Å²) >= 11 is 0. The summed E-state index contributed by atoms with van der Waals surface area (Å²) in [5.74, 6) is 0. The summed E-state index contributed by atoms with van der Waals surface area (Å²) in [6.07, 6.45) is 7.37. The molecule has 0 aliphatic heterocycles. The third-order valence-corrected chi connectivity index (χ3v) is 3.57. The fourth-order valence-corrected chi connectivity index (χ4v) is 2.94. The molecular formula is C15H20N+. The Morgan fingerprint density at radius 2 is 1.44 bits per heavy atom. The Morgan fingerprint density at radius 1 is 0.938 bits per heavy atom. The van der Waals surface area contributed by atoms with Crippen molar-refractivity contribution in [2.75, 3.05) is 0 Å². The minimum atomic E-state index is 1.13. The Morgan fingerprint density at radius 3 is 1.88 bits per heavy atom. The van der Waals surface area contributed by atoms with E-state index < -0.39 is 0 Å². The highest BCUT2D eigenvalue weighted by Crippen LogP contribution is 2.40. The van der Waals surface area contributed by atoms with Gasteiger partial charge in [0.05, 0.1) is 0 Å². The molecule has 0 bridgehead atoms. The van der Waals surface area contributed by atoms with E-state index in [9.17, 15) is 0 Å². The van der Waals surface area contributed by atoms with Crippen LogP contribution in [0.5, 0.6) is 0 Å². The highest BCUT2D eigenvalue weighted by atomic mass is 14.7. The Kier molecular flexibility index (Phi) is 3.29. The zero-order valence-corrected chi connectivity index (χ0v) is 10.3. The summed E-state index contributed by atoms with van der Waals surface area (Å²) in [5, 5.41) is 0. The first-order valence-electron chi connectivity index (χ1n) is 6.47. The summed E-state index contributed by atoms with van der Waals surface area (Å²) in [5.41, 5.74) is 7.03. The molecule has 0 atom stereocenters. The molecule has 2 aliphatic rings. The van der Waals surface area contributed by atoms with Crippen molar-refractivity contribution in [2.24, 2.45) is 0 Å². The summed E-state index contributed by atoms with van der Waals surface area (Å²) in [6, 6.07) is 2.40. The Hall–Kier alpha value is -1.29. The molecule has 0 fully saturated rings. The summed E-state index contributed by atoms with van der Waals surface area (Å²) in [7, 11) is 0. The van der Waals surface area contributed by atoms with E-state index in [1.54, 1.807) is 0 Å². The monoisotopic (exact) mass is 214 g/mol. The number of hydrogen-bond donors (Lipinski definition) is 0. The van der Waals surface area contributed by atoms with Gasteiger partial charge < -0.3 is 0 Å². The molecule has 0 saturated carbocycles. The number of nitrogens with zero attached hydrogens (tertiary/aromatic N) is 1. The van der Waals surface area contributed by atoms with Crippen LogP contribution in [0.1, 0.15) is 48.9 Å². The quantitative estimate of drug-likeness (QED) is 0.607. The second-order valence-electron chi connectivity index (χ2n) is 4.34. The van der Waals surface area contributed by atoms with Gasteiger partial charge in [-0.2, -0.15) is 0 Å². The minimum absolute atomic E-state index is 1.13. The van der Waals surface area contributed by atoms with E-state index in [2.05, 4.69) is 10.9 Å². The molecule has 0 spiro atoms. The van der Waals surface area contributed by atoms with Crippen molar-refractivity contribution in [1.82, 2.24) is 0 Å². The average Bonchev–Trinajstić information content (AvgIpc) is 2.95. The lowest BCUT2D eigenvalue weighted by Gasteiger charge is -2.02. The van der Waals surface area contributed by atoms with Gasteiger partial charge in [-0.05, 0) is 54.5 Å². The Labute approximate surface area is 98.3 Å². The van der Waals surface area contributed by atoms with Crippen LogP contribution in [-0.2, 0) is 25.7 Å². The van der Waals surface area contributed by atoms with E-state index in [1.807, 2.05) is 13.8 Å². The molecule has 3 rings (SSSR count). The molecule has 0 aromatic heterocycles. The summed E-state index contributed by atoms with van der Waals surface area (Å²) in [6.45, 7) is 9.52. The molecule has 1 aromatic carbocycles. The van der Waals surface area contributed by atoms with E-state index in [0.29, 0.717) is 0 Å².